The molecule has 1 aliphatic rings. The van der Waals surface area contributed by atoms with Crippen LogP contribution >= 0.6 is 0 Å². The quantitative estimate of drug-likeness (QED) is 0.819. The van der Waals surface area contributed by atoms with Gasteiger partial charge in [0.2, 0.25) is 0 Å². The standard InChI is InChI=1S/C12H22N4/c1-4-5-12(6-7-13-8-12)11-14-10(9(2)3)15-16-11/h9,13H,4-8H2,1-3H3,(H,14,15,16). The monoisotopic (exact) mass is 222 g/mol. The van der Waals surface area contributed by atoms with E-state index in [-0.39, 0.29) is 5.41 Å². The van der Waals surface area contributed by atoms with Gasteiger partial charge in [-0.05, 0) is 19.4 Å². The fraction of sp³-hybridized carbons (Fsp3) is 0.833. The average Bonchev–Trinajstić information content (AvgIpc) is 2.85. The molecule has 0 aromatic carbocycles. The summed E-state index contributed by atoms with van der Waals surface area (Å²) in [6, 6.07) is 0. The van der Waals surface area contributed by atoms with E-state index in [1.54, 1.807) is 0 Å². The first-order chi connectivity index (χ1) is 7.68. The normalized spacial score (nSPS) is 25.5. The van der Waals surface area contributed by atoms with E-state index in [1.165, 1.54) is 12.8 Å². The van der Waals surface area contributed by atoms with Crippen molar-refractivity contribution in [3.63, 3.8) is 0 Å². The Labute approximate surface area is 97.2 Å². The van der Waals surface area contributed by atoms with E-state index in [1.807, 2.05) is 0 Å². The van der Waals surface area contributed by atoms with Crippen LogP contribution in [0.1, 0.15) is 57.6 Å². The number of rotatable bonds is 4. The van der Waals surface area contributed by atoms with Gasteiger partial charge in [-0.3, -0.25) is 5.10 Å². The van der Waals surface area contributed by atoms with Crippen LogP contribution < -0.4 is 5.32 Å². The second-order valence-corrected chi connectivity index (χ2v) is 5.16. The molecule has 2 N–H and O–H groups in total. The SMILES string of the molecule is CCCC1(c2n[nH]c(C(C)C)n2)CCNC1. The van der Waals surface area contributed by atoms with Crippen molar-refractivity contribution in [1.29, 1.82) is 0 Å². The van der Waals surface area contributed by atoms with Gasteiger partial charge in [0, 0.05) is 17.9 Å². The Morgan fingerprint density at radius 1 is 1.44 bits per heavy atom. The van der Waals surface area contributed by atoms with Crippen LogP contribution in [0.2, 0.25) is 0 Å². The maximum atomic E-state index is 4.68. The lowest BCUT2D eigenvalue weighted by atomic mass is 9.82. The molecule has 4 heteroatoms. The minimum absolute atomic E-state index is 0.179. The van der Waals surface area contributed by atoms with Crippen LogP contribution in [-0.2, 0) is 5.41 Å². The first-order valence-electron chi connectivity index (χ1n) is 6.31. The maximum Gasteiger partial charge on any atom is 0.158 e. The Kier molecular flexibility index (Phi) is 3.28. The van der Waals surface area contributed by atoms with E-state index in [2.05, 4.69) is 41.3 Å². The Morgan fingerprint density at radius 3 is 2.75 bits per heavy atom. The predicted molar refractivity (Wildman–Crippen MR) is 64.5 cm³/mol. The molecule has 16 heavy (non-hydrogen) atoms. The molecule has 2 heterocycles. The summed E-state index contributed by atoms with van der Waals surface area (Å²) in [6.45, 7) is 8.63. The lowest BCUT2D eigenvalue weighted by Crippen LogP contribution is -2.30. The van der Waals surface area contributed by atoms with E-state index in [4.69, 9.17) is 0 Å². The van der Waals surface area contributed by atoms with Gasteiger partial charge in [-0.1, -0.05) is 27.2 Å². The number of nitrogens with one attached hydrogen (secondary N) is 2. The van der Waals surface area contributed by atoms with Crippen LogP contribution in [0, 0.1) is 0 Å². The van der Waals surface area contributed by atoms with E-state index in [0.717, 1.165) is 31.2 Å². The number of hydrogen-bond donors (Lipinski definition) is 2. The number of nitrogens with zero attached hydrogens (tertiary/aromatic N) is 2. The van der Waals surface area contributed by atoms with Crippen LogP contribution in [0.5, 0.6) is 0 Å². The zero-order valence-corrected chi connectivity index (χ0v) is 10.5. The summed E-state index contributed by atoms with van der Waals surface area (Å²) >= 11 is 0. The molecule has 1 aromatic heterocycles. The molecular formula is C12H22N4. The number of aromatic amines is 1. The van der Waals surface area contributed by atoms with Gasteiger partial charge in [-0.2, -0.15) is 5.10 Å². The van der Waals surface area contributed by atoms with Gasteiger partial charge < -0.3 is 5.32 Å². The summed E-state index contributed by atoms with van der Waals surface area (Å²) in [4.78, 5) is 4.68. The van der Waals surface area contributed by atoms with Crippen molar-refractivity contribution in [1.82, 2.24) is 20.5 Å². The van der Waals surface area contributed by atoms with Crippen LogP contribution in [0.15, 0.2) is 0 Å². The molecule has 1 aliphatic heterocycles. The predicted octanol–water partition coefficient (Wildman–Crippen LogP) is 1.96. The zero-order chi connectivity index (χ0) is 11.6. The molecule has 0 bridgehead atoms. The zero-order valence-electron chi connectivity index (χ0n) is 10.5. The molecule has 90 valence electrons. The fourth-order valence-electron chi connectivity index (χ4n) is 2.51. The van der Waals surface area contributed by atoms with Gasteiger partial charge in [0.15, 0.2) is 5.82 Å². The summed E-state index contributed by atoms with van der Waals surface area (Å²) < 4.78 is 0. The van der Waals surface area contributed by atoms with Crippen LogP contribution in [0.25, 0.3) is 0 Å². The molecule has 0 saturated carbocycles. The largest absolute Gasteiger partial charge is 0.316 e. The molecule has 2 rings (SSSR count). The number of hydrogen-bond acceptors (Lipinski definition) is 3. The smallest absolute Gasteiger partial charge is 0.158 e. The molecule has 1 saturated heterocycles. The Hall–Kier alpha value is -0.900. The highest BCUT2D eigenvalue weighted by Gasteiger charge is 2.38. The van der Waals surface area contributed by atoms with E-state index >= 15 is 0 Å². The summed E-state index contributed by atoms with van der Waals surface area (Å²) in [5.74, 6) is 2.45. The molecule has 0 amide bonds. The highest BCUT2D eigenvalue weighted by atomic mass is 15.2. The third-order valence-corrected chi connectivity index (χ3v) is 3.50. The van der Waals surface area contributed by atoms with Gasteiger partial charge in [-0.25, -0.2) is 4.98 Å². The Balaban J connectivity index is 2.24. The first-order valence-corrected chi connectivity index (χ1v) is 6.31. The molecule has 0 spiro atoms. The van der Waals surface area contributed by atoms with E-state index in [0.29, 0.717) is 5.92 Å². The second-order valence-electron chi connectivity index (χ2n) is 5.16. The highest BCUT2D eigenvalue weighted by molar-refractivity contribution is 5.13. The van der Waals surface area contributed by atoms with Crippen molar-refractivity contribution in [2.75, 3.05) is 13.1 Å². The highest BCUT2D eigenvalue weighted by Crippen LogP contribution is 2.33. The van der Waals surface area contributed by atoms with Crippen molar-refractivity contribution < 1.29 is 0 Å². The van der Waals surface area contributed by atoms with Crippen LogP contribution in [0.4, 0.5) is 0 Å². The maximum absolute atomic E-state index is 4.68. The Bertz CT molecular complexity index is 337. The Morgan fingerprint density at radius 2 is 2.25 bits per heavy atom. The second kappa shape index (κ2) is 4.53. The fourth-order valence-corrected chi connectivity index (χ4v) is 2.51. The summed E-state index contributed by atoms with van der Waals surface area (Å²) in [6.07, 6.45) is 3.53. The van der Waals surface area contributed by atoms with Crippen molar-refractivity contribution in [2.24, 2.45) is 0 Å². The van der Waals surface area contributed by atoms with Gasteiger partial charge in [0.1, 0.15) is 5.82 Å². The lowest BCUT2D eigenvalue weighted by molar-refractivity contribution is 0.403. The van der Waals surface area contributed by atoms with Crippen molar-refractivity contribution in [3.05, 3.63) is 11.6 Å². The molecular weight excluding hydrogens is 200 g/mol. The van der Waals surface area contributed by atoms with E-state index < -0.39 is 0 Å². The number of aromatic nitrogens is 3. The summed E-state index contributed by atoms with van der Waals surface area (Å²) in [5.41, 5.74) is 0.179. The first kappa shape index (κ1) is 11.6. The molecule has 0 radical (unpaired) electrons. The third kappa shape index (κ3) is 1.98. The van der Waals surface area contributed by atoms with Crippen molar-refractivity contribution in [3.8, 4) is 0 Å². The minimum Gasteiger partial charge on any atom is -0.316 e. The molecule has 0 aliphatic carbocycles. The van der Waals surface area contributed by atoms with Crippen LogP contribution in [0.3, 0.4) is 0 Å². The third-order valence-electron chi connectivity index (χ3n) is 3.50. The van der Waals surface area contributed by atoms with Crippen molar-refractivity contribution >= 4 is 0 Å². The molecule has 4 nitrogen and oxygen atoms in total. The lowest BCUT2D eigenvalue weighted by Gasteiger charge is -2.23. The van der Waals surface area contributed by atoms with E-state index in [9.17, 15) is 0 Å². The van der Waals surface area contributed by atoms with Gasteiger partial charge in [0.25, 0.3) is 0 Å². The van der Waals surface area contributed by atoms with Crippen molar-refractivity contribution in [2.45, 2.75) is 51.4 Å². The molecule has 1 aromatic rings. The molecule has 1 fully saturated rings. The number of H-pyrrole nitrogens is 1. The van der Waals surface area contributed by atoms with Gasteiger partial charge in [0.05, 0.1) is 0 Å². The summed E-state index contributed by atoms with van der Waals surface area (Å²) in [7, 11) is 0. The van der Waals surface area contributed by atoms with Gasteiger partial charge >= 0.3 is 0 Å². The van der Waals surface area contributed by atoms with Crippen LogP contribution in [-0.4, -0.2) is 28.3 Å². The summed E-state index contributed by atoms with van der Waals surface area (Å²) in [5, 5.41) is 11.0. The van der Waals surface area contributed by atoms with Gasteiger partial charge in [-0.15, -0.1) is 0 Å². The topological polar surface area (TPSA) is 53.6 Å². The average molecular weight is 222 g/mol. The molecule has 1 atom stereocenters. The molecule has 1 unspecified atom stereocenters. The minimum atomic E-state index is 0.179.